The maximum Gasteiger partial charge on any atom is 0.223 e. The Morgan fingerprint density at radius 1 is 1.36 bits per heavy atom. The van der Waals surface area contributed by atoms with Crippen LogP contribution in [0.2, 0.25) is 0 Å². The Hall–Kier alpha value is -1.27. The Balaban J connectivity index is 1.35. The number of nitrogens with zero attached hydrogens (tertiary/aromatic N) is 3. The molecule has 6 heteroatoms. The molecule has 0 amide bonds. The molecular weight excluding hydrogens is 283 g/mol. The molecule has 1 N–H and O–H groups in total. The highest BCUT2D eigenvalue weighted by Gasteiger charge is 2.44. The molecule has 3 aliphatic rings. The van der Waals surface area contributed by atoms with Crippen LogP contribution in [-0.4, -0.2) is 52.8 Å². The highest BCUT2D eigenvalue weighted by Crippen LogP contribution is 2.37. The van der Waals surface area contributed by atoms with Gasteiger partial charge in [0.25, 0.3) is 0 Å². The molecule has 2 aliphatic heterocycles. The van der Waals surface area contributed by atoms with Crippen molar-refractivity contribution in [1.82, 2.24) is 14.9 Å². The first-order valence-corrected chi connectivity index (χ1v) is 8.31. The second kappa shape index (κ2) is 5.74. The third kappa shape index (κ3) is 3.22. The van der Waals surface area contributed by atoms with E-state index in [0.29, 0.717) is 12.6 Å². The molecule has 0 radical (unpaired) electrons. The number of rotatable bonds is 4. The quantitative estimate of drug-likeness (QED) is 0.923. The van der Waals surface area contributed by atoms with Crippen LogP contribution < -0.4 is 5.32 Å². The third-order valence-corrected chi connectivity index (χ3v) is 4.99. The van der Waals surface area contributed by atoms with E-state index in [1.54, 1.807) is 0 Å². The van der Waals surface area contributed by atoms with Gasteiger partial charge in [-0.1, -0.05) is 0 Å². The lowest BCUT2D eigenvalue weighted by atomic mass is 9.88. The van der Waals surface area contributed by atoms with Crippen LogP contribution in [0.5, 0.6) is 0 Å². The zero-order chi connectivity index (χ0) is 15.0. The summed E-state index contributed by atoms with van der Waals surface area (Å²) in [6, 6.07) is 0.214. The zero-order valence-electron chi connectivity index (χ0n) is 12.8. The van der Waals surface area contributed by atoms with Gasteiger partial charge < -0.3 is 15.0 Å². The Kier molecular flexibility index (Phi) is 3.74. The molecule has 0 aromatic carbocycles. The fourth-order valence-corrected chi connectivity index (χ4v) is 3.80. The summed E-state index contributed by atoms with van der Waals surface area (Å²) in [5.41, 5.74) is -0.00909. The zero-order valence-corrected chi connectivity index (χ0v) is 12.8. The van der Waals surface area contributed by atoms with Gasteiger partial charge in [-0.2, -0.15) is 0 Å². The third-order valence-electron chi connectivity index (χ3n) is 4.99. The second-order valence-electron chi connectivity index (χ2n) is 7.05. The maximum atomic E-state index is 12.9. The summed E-state index contributed by atoms with van der Waals surface area (Å²) in [5.74, 6) is 1.00. The molecule has 4 rings (SSSR count). The Morgan fingerprint density at radius 2 is 2.18 bits per heavy atom. The van der Waals surface area contributed by atoms with Crippen molar-refractivity contribution in [3.63, 3.8) is 0 Å². The lowest BCUT2D eigenvalue weighted by molar-refractivity contribution is -0.0521. The number of piperidine rings is 1. The molecule has 1 aromatic rings. The standard InChI is InChI=1S/C16H23FN4O/c17-13-7-18-15(19-8-13)20-14-6-16(22-10-14)4-1-5-21(11-16)9-12-2-3-12/h7-8,12,14H,1-6,9-11H2,(H,18,19,20)/t14-,16+/m1/s1. The van der Waals surface area contributed by atoms with Crippen molar-refractivity contribution in [2.45, 2.75) is 43.7 Å². The predicted octanol–water partition coefficient (Wildman–Crippen LogP) is 2.06. The molecule has 0 unspecified atom stereocenters. The SMILES string of the molecule is Fc1cnc(N[C@H]2CO[C@@]3(CCCN(CC4CC4)C3)C2)nc1. The van der Waals surface area contributed by atoms with Crippen molar-refractivity contribution >= 4 is 5.95 Å². The Bertz CT molecular complexity index is 521. The van der Waals surface area contributed by atoms with E-state index in [4.69, 9.17) is 4.74 Å². The van der Waals surface area contributed by atoms with E-state index in [0.717, 1.165) is 25.3 Å². The van der Waals surface area contributed by atoms with Gasteiger partial charge in [0.1, 0.15) is 0 Å². The Labute approximate surface area is 130 Å². The van der Waals surface area contributed by atoms with Gasteiger partial charge in [0.15, 0.2) is 5.82 Å². The molecular formula is C16H23FN4O. The predicted molar refractivity (Wildman–Crippen MR) is 81.1 cm³/mol. The number of anilines is 1. The van der Waals surface area contributed by atoms with Crippen molar-refractivity contribution in [2.24, 2.45) is 5.92 Å². The average Bonchev–Trinajstić information content (AvgIpc) is 3.24. The van der Waals surface area contributed by atoms with Crippen LogP contribution in [0.25, 0.3) is 0 Å². The van der Waals surface area contributed by atoms with E-state index in [1.807, 2.05) is 0 Å². The van der Waals surface area contributed by atoms with Crippen LogP contribution in [0.4, 0.5) is 10.3 Å². The van der Waals surface area contributed by atoms with E-state index in [2.05, 4.69) is 20.2 Å². The summed E-state index contributed by atoms with van der Waals surface area (Å²) in [6.07, 6.45) is 8.52. The van der Waals surface area contributed by atoms with Gasteiger partial charge in [0.05, 0.1) is 30.6 Å². The minimum absolute atomic E-state index is 0.00909. The molecule has 120 valence electrons. The Morgan fingerprint density at radius 3 is 2.95 bits per heavy atom. The average molecular weight is 306 g/mol. The van der Waals surface area contributed by atoms with E-state index in [9.17, 15) is 4.39 Å². The van der Waals surface area contributed by atoms with Crippen LogP contribution in [0.15, 0.2) is 12.4 Å². The first-order chi connectivity index (χ1) is 10.7. The first-order valence-electron chi connectivity index (χ1n) is 8.31. The lowest BCUT2D eigenvalue weighted by Crippen LogP contribution is -2.48. The summed E-state index contributed by atoms with van der Waals surface area (Å²) >= 11 is 0. The number of nitrogens with one attached hydrogen (secondary N) is 1. The summed E-state index contributed by atoms with van der Waals surface area (Å²) in [5, 5.41) is 3.28. The fourth-order valence-electron chi connectivity index (χ4n) is 3.80. The van der Waals surface area contributed by atoms with Gasteiger partial charge in [0.2, 0.25) is 5.95 Å². The van der Waals surface area contributed by atoms with Crippen LogP contribution >= 0.6 is 0 Å². The molecule has 1 aliphatic carbocycles. The molecule has 3 fully saturated rings. The van der Waals surface area contributed by atoms with E-state index >= 15 is 0 Å². The topological polar surface area (TPSA) is 50.3 Å². The van der Waals surface area contributed by atoms with Crippen LogP contribution in [0, 0.1) is 11.7 Å². The minimum Gasteiger partial charge on any atom is -0.371 e. The molecule has 2 saturated heterocycles. The molecule has 1 saturated carbocycles. The molecule has 5 nitrogen and oxygen atoms in total. The van der Waals surface area contributed by atoms with Gasteiger partial charge >= 0.3 is 0 Å². The van der Waals surface area contributed by atoms with E-state index in [1.165, 1.54) is 44.7 Å². The largest absolute Gasteiger partial charge is 0.371 e. The highest BCUT2D eigenvalue weighted by atomic mass is 19.1. The van der Waals surface area contributed by atoms with Crippen LogP contribution in [0.1, 0.15) is 32.1 Å². The number of aromatic nitrogens is 2. The van der Waals surface area contributed by atoms with Crippen molar-refractivity contribution in [3.8, 4) is 0 Å². The van der Waals surface area contributed by atoms with Crippen molar-refractivity contribution in [1.29, 1.82) is 0 Å². The minimum atomic E-state index is -0.410. The normalized spacial score (nSPS) is 32.5. The van der Waals surface area contributed by atoms with Gasteiger partial charge in [-0.3, -0.25) is 0 Å². The molecule has 3 heterocycles. The first kappa shape index (κ1) is 14.3. The van der Waals surface area contributed by atoms with E-state index in [-0.39, 0.29) is 11.6 Å². The van der Waals surface area contributed by atoms with Crippen molar-refractivity contribution in [3.05, 3.63) is 18.2 Å². The fraction of sp³-hybridized carbons (Fsp3) is 0.750. The lowest BCUT2D eigenvalue weighted by Gasteiger charge is -2.39. The molecule has 2 atom stereocenters. The highest BCUT2D eigenvalue weighted by molar-refractivity contribution is 5.25. The van der Waals surface area contributed by atoms with Gasteiger partial charge in [-0.05, 0) is 38.1 Å². The summed E-state index contributed by atoms with van der Waals surface area (Å²) in [7, 11) is 0. The van der Waals surface area contributed by atoms with Crippen molar-refractivity contribution < 1.29 is 9.13 Å². The summed E-state index contributed by atoms with van der Waals surface area (Å²) < 4.78 is 19.0. The monoisotopic (exact) mass is 306 g/mol. The smallest absolute Gasteiger partial charge is 0.223 e. The number of halogens is 1. The summed E-state index contributed by atoms with van der Waals surface area (Å²) in [4.78, 5) is 10.5. The van der Waals surface area contributed by atoms with Gasteiger partial charge in [-0.25, -0.2) is 14.4 Å². The second-order valence-corrected chi connectivity index (χ2v) is 7.05. The van der Waals surface area contributed by atoms with Crippen LogP contribution in [0.3, 0.4) is 0 Å². The number of likely N-dealkylation sites (tertiary alicyclic amines) is 1. The van der Waals surface area contributed by atoms with Crippen LogP contribution in [-0.2, 0) is 4.74 Å². The van der Waals surface area contributed by atoms with Crippen molar-refractivity contribution in [2.75, 3.05) is 31.6 Å². The van der Waals surface area contributed by atoms with E-state index < -0.39 is 5.82 Å². The molecule has 0 bridgehead atoms. The van der Waals surface area contributed by atoms with Gasteiger partial charge in [-0.15, -0.1) is 0 Å². The molecule has 22 heavy (non-hydrogen) atoms. The van der Waals surface area contributed by atoms with Gasteiger partial charge in [0, 0.05) is 19.5 Å². The number of hydrogen-bond donors (Lipinski definition) is 1. The molecule has 1 aromatic heterocycles. The number of hydrogen-bond acceptors (Lipinski definition) is 5. The summed E-state index contributed by atoms with van der Waals surface area (Å²) in [6.45, 7) is 4.18. The number of ether oxygens (including phenoxy) is 1. The maximum absolute atomic E-state index is 12.9. The molecule has 1 spiro atoms.